The van der Waals surface area contributed by atoms with E-state index in [0.29, 0.717) is 23.9 Å². The average molecular weight is 949 g/mol. The van der Waals surface area contributed by atoms with Gasteiger partial charge in [0.1, 0.15) is 19.8 Å². The molecule has 0 aliphatic heterocycles. The van der Waals surface area contributed by atoms with Gasteiger partial charge in [-0.2, -0.15) is 0 Å². The van der Waals surface area contributed by atoms with Gasteiger partial charge in [-0.15, -0.1) is 0 Å². The van der Waals surface area contributed by atoms with Crippen LogP contribution in [0.25, 0.3) is 0 Å². The fourth-order valence-electron chi connectivity index (χ4n) is 6.60. The summed E-state index contributed by atoms with van der Waals surface area (Å²) in [4.78, 5) is 36.1. The molecule has 2 atom stereocenters. The van der Waals surface area contributed by atoms with Crippen molar-refractivity contribution in [2.75, 3.05) is 40.9 Å². The molecule has 9 nitrogen and oxygen atoms in total. The second-order valence-corrected chi connectivity index (χ2v) is 21.9. The van der Waals surface area contributed by atoms with Crippen LogP contribution < -0.4 is 0 Å². The summed E-state index contributed by atoms with van der Waals surface area (Å²) in [6.07, 6.45) is 36.2. The summed E-state index contributed by atoms with van der Waals surface area (Å²) >= 11 is 6.72. The molecule has 0 saturated heterocycles. The zero-order valence-electron chi connectivity index (χ0n) is 36.8. The quantitative estimate of drug-likeness (QED) is 0.0212. The normalized spacial score (nSPS) is 13.8. The third kappa shape index (κ3) is 38.2. The number of rotatable bonds is 42. The number of unbranched alkanes of at least 4 members (excludes halogenated alkanes) is 28. The molecule has 0 radical (unpaired) electrons. The highest BCUT2D eigenvalue weighted by atomic mass is 79.9. The number of phosphoric acid groups is 1. The number of carbonyl (C=O) groups excluding carboxylic acids is 2. The van der Waals surface area contributed by atoms with E-state index in [0.717, 1.165) is 32.1 Å². The Morgan fingerprint density at radius 1 is 0.554 bits per heavy atom. The minimum absolute atomic E-state index is 0.00291. The van der Waals surface area contributed by atoms with Crippen molar-refractivity contribution in [2.45, 2.75) is 229 Å². The first-order chi connectivity index (χ1) is 26.7. The van der Waals surface area contributed by atoms with E-state index in [1.54, 1.807) is 0 Å². The van der Waals surface area contributed by atoms with Gasteiger partial charge in [0.25, 0.3) is 3.42 Å². The number of hydrogen-bond donors (Lipinski definition) is 1. The van der Waals surface area contributed by atoms with Crippen LogP contribution in [0.15, 0.2) is 0 Å². The summed E-state index contributed by atoms with van der Waals surface area (Å²) in [7, 11) is 1.37. The lowest BCUT2D eigenvalue weighted by Crippen LogP contribution is -2.42. The van der Waals surface area contributed by atoms with Crippen LogP contribution in [0.2, 0.25) is 0 Å². The fourth-order valence-corrected chi connectivity index (χ4v) is 8.12. The fraction of sp³-hybridized carbons (Fsp3) is 0.955. The first-order valence-electron chi connectivity index (χ1n) is 22.9. The molecule has 1 unspecified atom stereocenters. The van der Waals surface area contributed by atoms with Crippen LogP contribution in [0.1, 0.15) is 219 Å². The maximum atomic E-state index is 12.9. The molecule has 0 aromatic carbocycles. The second-order valence-electron chi connectivity index (χ2n) is 17.0. The number of ether oxygens (including phenoxy) is 2. The van der Waals surface area contributed by atoms with Gasteiger partial charge in [-0.05, 0) is 44.7 Å². The summed E-state index contributed by atoms with van der Waals surface area (Å²) in [6.45, 7) is 4.49. The Morgan fingerprint density at radius 3 is 1.21 bits per heavy atom. The highest BCUT2D eigenvalue weighted by Crippen LogP contribution is 2.45. The number of nitrogens with zero attached hydrogens (tertiary/aromatic N) is 1. The molecule has 0 aliphatic carbocycles. The smallest absolute Gasteiger partial charge is 0.454 e. The van der Waals surface area contributed by atoms with Gasteiger partial charge in [0.2, 0.25) is 0 Å². The van der Waals surface area contributed by atoms with Crippen LogP contribution in [-0.2, 0) is 32.7 Å². The predicted molar refractivity (Wildman–Crippen MR) is 240 cm³/mol. The van der Waals surface area contributed by atoms with Crippen LogP contribution in [0.3, 0.4) is 0 Å². The molecule has 0 bridgehead atoms. The van der Waals surface area contributed by atoms with Crippen LogP contribution in [-0.4, -0.2) is 71.7 Å². The second kappa shape index (κ2) is 36.8. The Morgan fingerprint density at radius 2 is 0.875 bits per heavy atom. The van der Waals surface area contributed by atoms with E-state index in [1.165, 1.54) is 148 Å². The number of halogens is 2. The van der Waals surface area contributed by atoms with E-state index in [9.17, 15) is 19.0 Å². The number of quaternary nitrogens is 1. The van der Waals surface area contributed by atoms with Crippen molar-refractivity contribution >= 4 is 51.6 Å². The molecule has 0 rings (SSSR count). The van der Waals surface area contributed by atoms with E-state index in [-0.39, 0.29) is 19.4 Å². The lowest BCUT2D eigenvalue weighted by molar-refractivity contribution is -0.870. The van der Waals surface area contributed by atoms with Crippen molar-refractivity contribution in [2.24, 2.45) is 0 Å². The van der Waals surface area contributed by atoms with Gasteiger partial charge in [-0.25, -0.2) is 4.57 Å². The van der Waals surface area contributed by atoms with Crippen molar-refractivity contribution in [3.8, 4) is 0 Å². The molecule has 0 fully saturated rings. The molecule has 0 aliphatic rings. The average Bonchev–Trinajstić information content (AvgIpc) is 3.12. The summed E-state index contributed by atoms with van der Waals surface area (Å²) in [5.41, 5.74) is 0. The van der Waals surface area contributed by atoms with Crippen LogP contribution in [0.5, 0.6) is 0 Å². The highest BCUT2D eigenvalue weighted by Gasteiger charge is 2.42. The van der Waals surface area contributed by atoms with Crippen molar-refractivity contribution in [1.82, 2.24) is 0 Å². The number of esters is 2. The van der Waals surface area contributed by atoms with E-state index >= 15 is 0 Å². The topological polar surface area (TPSA) is 108 Å². The SMILES string of the molecule is CCCCCCCCCCCCCCCCCC(=O)O[C@@H](COP(=O)(O)OCC[N+](C)(C)C)C(Br)(Br)OC(=O)CCCCCCCCCCCCCCCCC. The molecular weight excluding hydrogens is 861 g/mol. The maximum Gasteiger partial charge on any atom is 0.472 e. The Kier molecular flexibility index (Phi) is 36.8. The number of hydrogen-bond acceptors (Lipinski definition) is 7. The van der Waals surface area contributed by atoms with Crippen molar-refractivity contribution in [3.63, 3.8) is 0 Å². The van der Waals surface area contributed by atoms with Gasteiger partial charge in [0.05, 0.1) is 21.1 Å². The molecular formula is C44H87Br2NO8P+. The molecule has 0 amide bonds. The lowest BCUT2D eigenvalue weighted by atomic mass is 10.0. The molecule has 0 saturated carbocycles. The van der Waals surface area contributed by atoms with Crippen LogP contribution in [0, 0.1) is 0 Å². The maximum absolute atomic E-state index is 12.9. The van der Waals surface area contributed by atoms with Gasteiger partial charge >= 0.3 is 19.8 Å². The Hall–Kier alpha value is -0.0300. The van der Waals surface area contributed by atoms with E-state index in [2.05, 4.69) is 45.7 Å². The standard InChI is InChI=1S/C44H86Br2NO8P/c1-6-8-10-12-14-16-18-20-22-24-26-28-30-32-34-36-42(48)54-41(40-53-56(50,51)52-39-38-47(3,4)5)44(45,46)55-43(49)37-35-33-31-29-27-25-23-21-19-17-15-13-11-9-7-2/h41H,6-40H2,1-5H3/p+1/t41-/m0/s1. The van der Waals surface area contributed by atoms with Crippen LogP contribution >= 0.6 is 39.7 Å². The molecule has 334 valence electrons. The first kappa shape index (κ1) is 56.0. The minimum atomic E-state index is -4.46. The highest BCUT2D eigenvalue weighted by molar-refractivity contribution is 9.25. The number of alkyl halides is 2. The first-order valence-corrected chi connectivity index (χ1v) is 26.0. The minimum Gasteiger partial charge on any atom is -0.454 e. The van der Waals surface area contributed by atoms with Gasteiger partial charge in [-0.3, -0.25) is 18.6 Å². The van der Waals surface area contributed by atoms with Crippen molar-refractivity contribution < 1.29 is 42.1 Å². The number of likely N-dealkylation sites (N-methyl/N-ethyl adjacent to an activating group) is 1. The number of carbonyl (C=O) groups is 2. The molecule has 56 heavy (non-hydrogen) atoms. The van der Waals surface area contributed by atoms with E-state index in [4.69, 9.17) is 18.5 Å². The molecule has 0 heterocycles. The summed E-state index contributed by atoms with van der Waals surface area (Å²) < 4.78 is 33.3. The van der Waals surface area contributed by atoms with Crippen molar-refractivity contribution in [3.05, 3.63) is 0 Å². The van der Waals surface area contributed by atoms with Crippen molar-refractivity contribution in [1.29, 1.82) is 0 Å². The monoisotopic (exact) mass is 946 g/mol. The third-order valence-corrected chi connectivity index (χ3v) is 12.6. The van der Waals surface area contributed by atoms with Gasteiger partial charge < -0.3 is 18.9 Å². The molecule has 0 spiro atoms. The predicted octanol–water partition coefficient (Wildman–Crippen LogP) is 14.2. The molecule has 0 aromatic rings. The van der Waals surface area contributed by atoms with E-state index in [1.807, 2.05) is 21.1 Å². The molecule has 0 aromatic heterocycles. The molecule has 1 N–H and O–H groups in total. The van der Waals surface area contributed by atoms with Crippen LogP contribution in [0.4, 0.5) is 0 Å². The lowest BCUT2D eigenvalue weighted by Gasteiger charge is -2.30. The van der Waals surface area contributed by atoms with E-state index < -0.39 is 35.9 Å². The number of phosphoric ester groups is 1. The van der Waals surface area contributed by atoms with Gasteiger partial charge in [0, 0.05) is 12.8 Å². The van der Waals surface area contributed by atoms with Gasteiger partial charge in [0.15, 0.2) is 6.10 Å². The summed E-state index contributed by atoms with van der Waals surface area (Å²) in [6, 6.07) is 0. The largest absolute Gasteiger partial charge is 0.472 e. The molecule has 12 heteroatoms. The Labute approximate surface area is 361 Å². The van der Waals surface area contributed by atoms with Gasteiger partial charge in [-0.1, -0.05) is 194 Å². The third-order valence-electron chi connectivity index (χ3n) is 10.3. The Balaban J connectivity index is 4.57. The summed E-state index contributed by atoms with van der Waals surface area (Å²) in [5, 5.41) is 0. The Bertz CT molecular complexity index is 981. The zero-order chi connectivity index (χ0) is 41.8. The zero-order valence-corrected chi connectivity index (χ0v) is 40.8. The summed E-state index contributed by atoms with van der Waals surface area (Å²) in [5.74, 6) is -0.961.